The van der Waals surface area contributed by atoms with Gasteiger partial charge in [0, 0.05) is 6.54 Å². The highest BCUT2D eigenvalue weighted by Gasteiger charge is 2.46. The third-order valence-electron chi connectivity index (χ3n) is 6.72. The number of aliphatic hydroxyl groups is 1. The van der Waals surface area contributed by atoms with Crippen molar-refractivity contribution in [2.24, 2.45) is 0 Å². The van der Waals surface area contributed by atoms with Gasteiger partial charge in [-0.1, -0.05) is 25.5 Å². The first-order valence-electron chi connectivity index (χ1n) is 12.3. The molecule has 37 heavy (non-hydrogen) atoms. The fourth-order valence-corrected chi connectivity index (χ4v) is 4.71. The summed E-state index contributed by atoms with van der Waals surface area (Å²) in [4.78, 5) is 30.4. The number of hydrogen-bond acceptors (Lipinski definition) is 8. The number of ketones is 1. The smallest absolute Gasteiger partial charge is 0.295 e. The number of likely N-dealkylation sites (tertiary alicyclic amines) is 1. The number of aryl methyl sites for hydroxylation is 1. The van der Waals surface area contributed by atoms with Gasteiger partial charge in [0.05, 0.1) is 38.5 Å². The summed E-state index contributed by atoms with van der Waals surface area (Å²) in [6.45, 7) is 8.73. The number of methoxy groups -OCH3 is 3. The Balaban J connectivity index is 2.21. The zero-order chi connectivity index (χ0) is 27.3. The molecule has 0 unspecified atom stereocenters. The molecule has 1 aliphatic rings. The highest BCUT2D eigenvalue weighted by Crippen LogP contribution is 2.46. The lowest BCUT2D eigenvalue weighted by atomic mass is 9.94. The van der Waals surface area contributed by atoms with E-state index in [1.807, 2.05) is 0 Å². The molecule has 0 aromatic heterocycles. The number of ether oxygens (including phenoxy) is 3. The molecule has 1 fully saturated rings. The number of benzene rings is 2. The molecule has 2 N–H and O–H groups in total. The molecule has 0 aliphatic carbocycles. The van der Waals surface area contributed by atoms with Crippen LogP contribution < -0.4 is 14.2 Å². The van der Waals surface area contributed by atoms with Gasteiger partial charge in [-0.15, -0.1) is 0 Å². The lowest BCUT2D eigenvalue weighted by Crippen LogP contribution is -2.33. The summed E-state index contributed by atoms with van der Waals surface area (Å²) in [5.74, 6) is -1.10. The normalized spacial score (nSPS) is 16.9. The predicted octanol–water partition coefficient (Wildman–Crippen LogP) is 3.88. The SMILES string of the molecule is CCN(CC)CCCN1C(=O)C(=O)C(=C(O)c2cc(C)ccc2O)[C@H]1c1cc(OC)c(OC)c(OC)c1. The zero-order valence-electron chi connectivity index (χ0n) is 22.3. The largest absolute Gasteiger partial charge is 0.507 e. The number of hydrogen-bond donors (Lipinski definition) is 2. The Hall–Kier alpha value is -3.72. The molecule has 1 amide bonds. The van der Waals surface area contributed by atoms with Crippen molar-refractivity contribution in [1.29, 1.82) is 0 Å². The number of phenols is 1. The van der Waals surface area contributed by atoms with Crippen LogP contribution in [0, 0.1) is 6.92 Å². The van der Waals surface area contributed by atoms with E-state index in [-0.39, 0.29) is 16.9 Å². The highest BCUT2D eigenvalue weighted by atomic mass is 16.5. The number of carbonyl (C=O) groups excluding carboxylic acids is 2. The molecular formula is C28H36N2O7. The summed E-state index contributed by atoms with van der Waals surface area (Å²) >= 11 is 0. The summed E-state index contributed by atoms with van der Waals surface area (Å²) in [6.07, 6.45) is 0.630. The number of Topliss-reactive ketones (excluding diaryl/α,β-unsaturated/α-hetero) is 1. The molecular weight excluding hydrogens is 476 g/mol. The Morgan fingerprint density at radius 1 is 1.00 bits per heavy atom. The van der Waals surface area contributed by atoms with E-state index in [0.29, 0.717) is 35.8 Å². The van der Waals surface area contributed by atoms with Crippen LogP contribution in [0.25, 0.3) is 5.76 Å². The Morgan fingerprint density at radius 2 is 1.62 bits per heavy atom. The molecule has 2 aromatic carbocycles. The summed E-state index contributed by atoms with van der Waals surface area (Å²) in [5, 5.41) is 21.8. The van der Waals surface area contributed by atoms with Gasteiger partial charge in [-0.2, -0.15) is 0 Å². The van der Waals surface area contributed by atoms with Gasteiger partial charge in [0.2, 0.25) is 5.75 Å². The number of aliphatic hydroxyl groups excluding tert-OH is 1. The summed E-state index contributed by atoms with van der Waals surface area (Å²) < 4.78 is 16.4. The highest BCUT2D eigenvalue weighted by molar-refractivity contribution is 6.46. The molecule has 0 saturated carbocycles. The van der Waals surface area contributed by atoms with Gasteiger partial charge >= 0.3 is 0 Å². The zero-order valence-corrected chi connectivity index (χ0v) is 22.3. The molecule has 9 heteroatoms. The van der Waals surface area contributed by atoms with Crippen molar-refractivity contribution < 1.29 is 34.0 Å². The molecule has 1 saturated heterocycles. The second-order valence-electron chi connectivity index (χ2n) is 8.85. The Bertz CT molecular complexity index is 1160. The van der Waals surface area contributed by atoms with Crippen molar-refractivity contribution in [2.75, 3.05) is 47.5 Å². The van der Waals surface area contributed by atoms with Crippen LogP contribution in [0.15, 0.2) is 35.9 Å². The Kier molecular flexibility index (Phi) is 9.04. The minimum absolute atomic E-state index is 0.0820. The number of nitrogens with zero attached hydrogens (tertiary/aromatic N) is 2. The van der Waals surface area contributed by atoms with E-state index in [0.717, 1.165) is 25.2 Å². The van der Waals surface area contributed by atoms with Crippen molar-refractivity contribution >= 4 is 17.4 Å². The van der Waals surface area contributed by atoms with Gasteiger partial charge < -0.3 is 34.2 Å². The molecule has 1 heterocycles. The molecule has 3 rings (SSSR count). The van der Waals surface area contributed by atoms with Crippen molar-refractivity contribution in [2.45, 2.75) is 33.2 Å². The van der Waals surface area contributed by atoms with Crippen LogP contribution in [0.5, 0.6) is 23.0 Å². The number of aromatic hydroxyl groups is 1. The van der Waals surface area contributed by atoms with Crippen molar-refractivity contribution in [3.05, 3.63) is 52.6 Å². The number of phenolic OH excluding ortho intramolecular Hbond substituents is 1. The van der Waals surface area contributed by atoms with Crippen LogP contribution in [0.2, 0.25) is 0 Å². The third kappa shape index (κ3) is 5.51. The fraction of sp³-hybridized carbons (Fsp3) is 0.429. The average Bonchev–Trinajstić information content (AvgIpc) is 3.16. The van der Waals surface area contributed by atoms with Gasteiger partial charge in [0.15, 0.2) is 11.5 Å². The maximum atomic E-state index is 13.4. The molecule has 9 nitrogen and oxygen atoms in total. The number of amides is 1. The van der Waals surface area contributed by atoms with E-state index < -0.39 is 23.5 Å². The van der Waals surface area contributed by atoms with Crippen molar-refractivity contribution in [3.63, 3.8) is 0 Å². The molecule has 0 bridgehead atoms. The maximum absolute atomic E-state index is 13.4. The minimum atomic E-state index is -0.926. The van der Waals surface area contributed by atoms with Gasteiger partial charge in [-0.25, -0.2) is 0 Å². The lowest BCUT2D eigenvalue weighted by molar-refractivity contribution is -0.140. The summed E-state index contributed by atoms with van der Waals surface area (Å²) in [7, 11) is 4.44. The molecule has 200 valence electrons. The standard InChI is InChI=1S/C28H36N2O7/c1-7-29(8-2)12-9-13-30-24(18-15-21(35-4)27(37-6)22(16-18)36-5)23(26(33)28(30)34)25(32)19-14-17(3)10-11-20(19)31/h10-11,14-16,24,31-32H,7-9,12-13H2,1-6H3/t24-/m1/s1. The van der Waals surface area contributed by atoms with Crippen LogP contribution in [-0.4, -0.2) is 79.2 Å². The summed E-state index contributed by atoms with van der Waals surface area (Å²) in [5.41, 5.74) is 1.25. The molecule has 1 aliphatic heterocycles. The van der Waals surface area contributed by atoms with Crippen molar-refractivity contribution in [3.8, 4) is 23.0 Å². The first-order chi connectivity index (χ1) is 17.7. The number of carbonyl (C=O) groups is 2. The first-order valence-corrected chi connectivity index (χ1v) is 12.3. The second kappa shape index (κ2) is 12.0. The molecule has 0 spiro atoms. The minimum Gasteiger partial charge on any atom is -0.507 e. The van der Waals surface area contributed by atoms with Gasteiger partial charge in [0.25, 0.3) is 11.7 Å². The topological polar surface area (TPSA) is 109 Å². The lowest BCUT2D eigenvalue weighted by Gasteiger charge is -2.27. The van der Waals surface area contributed by atoms with E-state index in [1.165, 1.54) is 32.3 Å². The van der Waals surface area contributed by atoms with Gasteiger partial charge in [-0.05, 0) is 62.8 Å². The van der Waals surface area contributed by atoms with Gasteiger partial charge in [0.1, 0.15) is 11.5 Å². The fourth-order valence-electron chi connectivity index (χ4n) is 4.71. The third-order valence-corrected chi connectivity index (χ3v) is 6.72. The van der Waals surface area contributed by atoms with Crippen LogP contribution in [0.4, 0.5) is 0 Å². The van der Waals surface area contributed by atoms with Crippen LogP contribution in [-0.2, 0) is 9.59 Å². The first kappa shape index (κ1) is 27.9. The monoisotopic (exact) mass is 512 g/mol. The van der Waals surface area contributed by atoms with E-state index in [4.69, 9.17) is 14.2 Å². The van der Waals surface area contributed by atoms with Gasteiger partial charge in [-0.3, -0.25) is 9.59 Å². The van der Waals surface area contributed by atoms with E-state index in [2.05, 4.69) is 18.7 Å². The van der Waals surface area contributed by atoms with E-state index in [1.54, 1.807) is 31.2 Å². The van der Waals surface area contributed by atoms with Crippen molar-refractivity contribution in [1.82, 2.24) is 9.80 Å². The quantitative estimate of drug-likeness (QED) is 0.265. The van der Waals surface area contributed by atoms with Crippen LogP contribution in [0.3, 0.4) is 0 Å². The Labute approximate surface area is 217 Å². The number of rotatable bonds is 11. The Morgan fingerprint density at radius 3 is 2.16 bits per heavy atom. The van der Waals surface area contributed by atoms with E-state index >= 15 is 0 Å². The molecule has 0 radical (unpaired) electrons. The second-order valence-corrected chi connectivity index (χ2v) is 8.85. The van der Waals surface area contributed by atoms with Crippen LogP contribution >= 0.6 is 0 Å². The van der Waals surface area contributed by atoms with Crippen LogP contribution in [0.1, 0.15) is 43.0 Å². The molecule has 1 atom stereocenters. The van der Waals surface area contributed by atoms with E-state index in [9.17, 15) is 19.8 Å². The molecule has 2 aromatic rings. The predicted molar refractivity (Wildman–Crippen MR) is 140 cm³/mol. The summed E-state index contributed by atoms with van der Waals surface area (Å²) in [6, 6.07) is 7.11. The average molecular weight is 513 g/mol. The maximum Gasteiger partial charge on any atom is 0.295 e.